The number of carboxylic acid groups (broad SMARTS) is 1. The van der Waals surface area contributed by atoms with Gasteiger partial charge < -0.3 is 19.6 Å². The Balaban J connectivity index is 2.24. The van der Waals surface area contributed by atoms with Crippen LogP contribution >= 0.6 is 11.6 Å². The quantitative estimate of drug-likeness (QED) is 0.612. The fourth-order valence-corrected chi connectivity index (χ4v) is 5.34. The van der Waals surface area contributed by atoms with Crippen molar-refractivity contribution in [3.05, 3.63) is 58.6 Å². The molecular formula is C25H31ClN2O4. The normalized spacial score (nSPS) is 20.8. The van der Waals surface area contributed by atoms with Gasteiger partial charge >= 0.3 is 5.97 Å². The van der Waals surface area contributed by atoms with E-state index in [1.165, 1.54) is 0 Å². The zero-order chi connectivity index (χ0) is 23.6. The number of hydrogen-bond donors (Lipinski definition) is 1. The first-order valence-corrected chi connectivity index (χ1v) is 11.3. The lowest BCUT2D eigenvalue weighted by atomic mass is 9.68. The van der Waals surface area contributed by atoms with Gasteiger partial charge in [0.25, 0.3) is 5.91 Å². The van der Waals surface area contributed by atoms with Gasteiger partial charge in [-0.15, -0.1) is 0 Å². The highest BCUT2D eigenvalue weighted by molar-refractivity contribution is 6.30. The number of amides is 1. The molecule has 0 saturated heterocycles. The minimum absolute atomic E-state index is 0.101. The number of halogens is 1. The van der Waals surface area contributed by atoms with Crippen molar-refractivity contribution in [2.75, 3.05) is 25.1 Å². The van der Waals surface area contributed by atoms with Crippen LogP contribution in [0.4, 0.5) is 5.69 Å². The average Bonchev–Trinajstić information content (AvgIpc) is 3.02. The van der Waals surface area contributed by atoms with Crippen molar-refractivity contribution >= 4 is 29.2 Å². The lowest BCUT2D eigenvalue weighted by Crippen LogP contribution is -2.57. The van der Waals surface area contributed by atoms with Crippen LogP contribution in [0.25, 0.3) is 0 Å². The zero-order valence-corrected chi connectivity index (χ0v) is 20.0. The maximum atomic E-state index is 13.7. The molecule has 1 heterocycles. The molecule has 6 nitrogen and oxygen atoms in total. The maximum Gasteiger partial charge on any atom is 0.304 e. The summed E-state index contributed by atoms with van der Waals surface area (Å²) in [5.41, 5.74) is 1.24. The molecule has 0 aliphatic carbocycles. The number of carboxylic acids is 1. The SMILES string of the molecule is CCN(CC)C(C)C1(CC(=O)O)c2cc(OC)ccc2N(C(=O)c2ccc(Cl)cc2)C1C. The Morgan fingerprint density at radius 2 is 1.81 bits per heavy atom. The fourth-order valence-electron chi connectivity index (χ4n) is 5.22. The van der Waals surface area contributed by atoms with E-state index < -0.39 is 11.4 Å². The Kier molecular flexibility index (Phi) is 7.16. The van der Waals surface area contributed by atoms with Gasteiger partial charge in [-0.1, -0.05) is 25.4 Å². The van der Waals surface area contributed by atoms with Crippen molar-refractivity contribution in [3.8, 4) is 5.75 Å². The lowest BCUT2D eigenvalue weighted by molar-refractivity contribution is -0.139. The van der Waals surface area contributed by atoms with Gasteiger partial charge in [-0.2, -0.15) is 0 Å². The first kappa shape index (κ1) is 24.1. The van der Waals surface area contributed by atoms with E-state index in [0.29, 0.717) is 16.3 Å². The Morgan fingerprint density at radius 1 is 1.19 bits per heavy atom. The molecule has 1 amide bonds. The van der Waals surface area contributed by atoms with Gasteiger partial charge in [-0.3, -0.25) is 9.59 Å². The van der Waals surface area contributed by atoms with Gasteiger partial charge in [0.2, 0.25) is 0 Å². The number of rotatable bonds is 8. The number of ether oxygens (including phenoxy) is 1. The van der Waals surface area contributed by atoms with Crippen LogP contribution in [-0.4, -0.2) is 54.2 Å². The molecule has 7 heteroatoms. The highest BCUT2D eigenvalue weighted by atomic mass is 35.5. The molecule has 172 valence electrons. The molecule has 0 bridgehead atoms. The average molecular weight is 459 g/mol. The summed E-state index contributed by atoms with van der Waals surface area (Å²) in [6, 6.07) is 11.8. The van der Waals surface area contributed by atoms with Gasteiger partial charge in [0.15, 0.2) is 0 Å². The summed E-state index contributed by atoms with van der Waals surface area (Å²) in [6.07, 6.45) is -0.101. The maximum absolute atomic E-state index is 13.7. The van der Waals surface area contributed by atoms with E-state index in [9.17, 15) is 14.7 Å². The molecule has 2 aromatic rings. The second-order valence-corrected chi connectivity index (χ2v) is 8.69. The number of carbonyl (C=O) groups excluding carboxylic acids is 1. The first-order chi connectivity index (χ1) is 15.2. The monoisotopic (exact) mass is 458 g/mol. The summed E-state index contributed by atoms with van der Waals surface area (Å²) in [7, 11) is 1.59. The van der Waals surface area contributed by atoms with Crippen LogP contribution in [0.15, 0.2) is 42.5 Å². The van der Waals surface area contributed by atoms with E-state index in [0.717, 1.165) is 24.3 Å². The van der Waals surface area contributed by atoms with E-state index in [1.54, 1.807) is 36.3 Å². The fraction of sp³-hybridized carbons (Fsp3) is 0.440. The third-order valence-electron chi connectivity index (χ3n) is 6.96. The molecule has 3 rings (SSSR count). The molecule has 0 aromatic heterocycles. The summed E-state index contributed by atoms with van der Waals surface area (Å²) in [5, 5.41) is 10.5. The van der Waals surface area contributed by atoms with E-state index in [2.05, 4.69) is 25.7 Å². The summed E-state index contributed by atoms with van der Waals surface area (Å²) in [4.78, 5) is 29.9. The number of methoxy groups -OCH3 is 1. The summed E-state index contributed by atoms with van der Waals surface area (Å²) in [6.45, 7) is 9.69. The van der Waals surface area contributed by atoms with Gasteiger partial charge in [0.05, 0.1) is 13.5 Å². The predicted octanol–water partition coefficient (Wildman–Crippen LogP) is 4.84. The molecule has 2 aromatic carbocycles. The number of hydrogen-bond acceptors (Lipinski definition) is 4. The Hall–Kier alpha value is -2.57. The molecule has 0 fully saturated rings. The van der Waals surface area contributed by atoms with Crippen LogP contribution in [0.3, 0.4) is 0 Å². The van der Waals surface area contributed by atoms with Crippen molar-refractivity contribution in [3.63, 3.8) is 0 Å². The summed E-state index contributed by atoms with van der Waals surface area (Å²) >= 11 is 6.02. The van der Waals surface area contributed by atoms with E-state index >= 15 is 0 Å². The number of aliphatic carboxylic acids is 1. The molecular weight excluding hydrogens is 428 g/mol. The van der Waals surface area contributed by atoms with Crippen LogP contribution in [-0.2, 0) is 10.2 Å². The largest absolute Gasteiger partial charge is 0.497 e. The van der Waals surface area contributed by atoms with Crippen molar-refractivity contribution in [2.45, 2.75) is 51.6 Å². The molecule has 3 unspecified atom stereocenters. The Morgan fingerprint density at radius 3 is 2.34 bits per heavy atom. The Bertz CT molecular complexity index is 990. The second-order valence-electron chi connectivity index (χ2n) is 8.25. The van der Waals surface area contributed by atoms with Gasteiger partial charge in [-0.05, 0) is 75.0 Å². The van der Waals surface area contributed by atoms with Crippen LogP contribution in [0.5, 0.6) is 5.75 Å². The molecule has 1 N–H and O–H groups in total. The summed E-state index contributed by atoms with van der Waals surface area (Å²) < 4.78 is 5.48. The molecule has 32 heavy (non-hydrogen) atoms. The van der Waals surface area contributed by atoms with Gasteiger partial charge in [-0.25, -0.2) is 0 Å². The highest BCUT2D eigenvalue weighted by Gasteiger charge is 2.56. The van der Waals surface area contributed by atoms with Crippen molar-refractivity contribution in [1.29, 1.82) is 0 Å². The number of benzene rings is 2. The van der Waals surface area contributed by atoms with Crippen LogP contribution in [0.2, 0.25) is 5.02 Å². The molecule has 1 aliphatic heterocycles. The molecule has 0 radical (unpaired) electrons. The minimum Gasteiger partial charge on any atom is -0.497 e. The van der Waals surface area contributed by atoms with Crippen LogP contribution < -0.4 is 9.64 Å². The Labute approximate surface area is 194 Å². The molecule has 3 atom stereocenters. The van der Waals surface area contributed by atoms with Gasteiger partial charge in [0, 0.05) is 33.8 Å². The van der Waals surface area contributed by atoms with Crippen LogP contribution in [0, 0.1) is 0 Å². The van der Waals surface area contributed by atoms with Crippen molar-refractivity contribution in [1.82, 2.24) is 4.90 Å². The van der Waals surface area contributed by atoms with E-state index in [-0.39, 0.29) is 24.4 Å². The number of nitrogens with zero attached hydrogens (tertiary/aromatic N) is 2. The first-order valence-electron chi connectivity index (χ1n) is 10.9. The molecule has 0 spiro atoms. The van der Waals surface area contributed by atoms with Crippen molar-refractivity contribution < 1.29 is 19.4 Å². The number of anilines is 1. The third kappa shape index (κ3) is 3.97. The van der Waals surface area contributed by atoms with Crippen molar-refractivity contribution in [2.24, 2.45) is 0 Å². The standard InChI is InChI=1S/C25H31ClN2O4/c1-6-27(7-2)16(3)25(15-23(29)30)17(4)28(22-13-12-20(32-5)14-21(22)25)24(31)18-8-10-19(26)11-9-18/h8-14,16-17H,6-7,15H2,1-5H3,(H,29,30). The number of carbonyl (C=O) groups is 2. The number of likely N-dealkylation sites (N-methyl/N-ethyl adjacent to an activating group) is 1. The topological polar surface area (TPSA) is 70.1 Å². The molecule has 0 saturated carbocycles. The lowest BCUT2D eigenvalue weighted by Gasteiger charge is -2.45. The smallest absolute Gasteiger partial charge is 0.304 e. The number of fused-ring (bicyclic) bond motifs is 1. The highest BCUT2D eigenvalue weighted by Crippen LogP contribution is 2.52. The second kappa shape index (κ2) is 9.51. The summed E-state index contributed by atoms with van der Waals surface area (Å²) in [5.74, 6) is -0.441. The van der Waals surface area contributed by atoms with Gasteiger partial charge in [0.1, 0.15) is 5.75 Å². The molecule has 1 aliphatic rings. The minimum atomic E-state index is -0.898. The third-order valence-corrected chi connectivity index (χ3v) is 7.21. The predicted molar refractivity (Wildman–Crippen MR) is 127 cm³/mol. The van der Waals surface area contributed by atoms with Crippen LogP contribution in [0.1, 0.15) is 50.0 Å². The van der Waals surface area contributed by atoms with E-state index in [4.69, 9.17) is 16.3 Å². The zero-order valence-electron chi connectivity index (χ0n) is 19.3. The van der Waals surface area contributed by atoms with E-state index in [1.807, 2.05) is 25.1 Å².